The third-order valence-corrected chi connectivity index (χ3v) is 10.5. The molecule has 4 saturated carbocycles. The molecule has 1 N–H and O–H groups in total. The van der Waals surface area contributed by atoms with E-state index < -0.39 is 5.60 Å². The Kier molecular flexibility index (Phi) is 5.48. The molecule has 1 unspecified atom stereocenters. The molecule has 4 heteroatoms. The van der Waals surface area contributed by atoms with E-state index in [1.165, 1.54) is 51.4 Å². The summed E-state index contributed by atoms with van der Waals surface area (Å²) >= 11 is 0. The molecule has 0 bridgehead atoms. The van der Waals surface area contributed by atoms with Crippen molar-refractivity contribution in [3.8, 4) is 6.07 Å². The van der Waals surface area contributed by atoms with E-state index in [9.17, 15) is 5.11 Å². The van der Waals surface area contributed by atoms with E-state index >= 15 is 0 Å². The number of hydrogen-bond acceptors (Lipinski definition) is 3. The van der Waals surface area contributed by atoms with Crippen molar-refractivity contribution in [2.75, 3.05) is 0 Å². The molecule has 0 aliphatic heterocycles. The van der Waals surface area contributed by atoms with Crippen molar-refractivity contribution in [2.45, 2.75) is 97.1 Å². The summed E-state index contributed by atoms with van der Waals surface area (Å²) in [4.78, 5) is 0. The lowest BCUT2D eigenvalue weighted by Gasteiger charge is -2.61. The summed E-state index contributed by atoms with van der Waals surface area (Å²) in [6.45, 7) is 8.07. The lowest BCUT2D eigenvalue weighted by molar-refractivity contribution is -0.134. The highest BCUT2D eigenvalue weighted by molar-refractivity contribution is 5.21. The summed E-state index contributed by atoms with van der Waals surface area (Å²) in [6, 6.07) is 2.21. The van der Waals surface area contributed by atoms with Crippen LogP contribution < -0.4 is 0 Å². The third-order valence-electron chi connectivity index (χ3n) is 10.5. The first-order valence-corrected chi connectivity index (χ1v) is 13.0. The van der Waals surface area contributed by atoms with Gasteiger partial charge in [-0.05, 0) is 112 Å². The first-order chi connectivity index (χ1) is 14.8. The molecule has 170 valence electrons. The topological polar surface area (TPSA) is 61.8 Å². The second-order valence-electron chi connectivity index (χ2n) is 12.3. The number of nitriles is 1. The van der Waals surface area contributed by atoms with E-state index in [2.05, 4.69) is 31.9 Å². The fourth-order valence-corrected chi connectivity index (χ4v) is 9.20. The van der Waals surface area contributed by atoms with Gasteiger partial charge in [-0.1, -0.05) is 20.3 Å². The van der Waals surface area contributed by atoms with Gasteiger partial charge in [0.15, 0.2) is 0 Å². The van der Waals surface area contributed by atoms with Crippen molar-refractivity contribution < 1.29 is 5.11 Å². The van der Waals surface area contributed by atoms with Crippen molar-refractivity contribution in [1.82, 2.24) is 9.78 Å². The highest BCUT2D eigenvalue weighted by Crippen LogP contribution is 2.64. The minimum absolute atomic E-state index is 0.416. The first kappa shape index (κ1) is 21.5. The molecule has 4 aliphatic rings. The van der Waals surface area contributed by atoms with Gasteiger partial charge in [0.2, 0.25) is 0 Å². The molecule has 0 spiro atoms. The molecular weight excluding hydrogens is 382 g/mol. The van der Waals surface area contributed by atoms with Crippen LogP contribution in [0.25, 0.3) is 0 Å². The summed E-state index contributed by atoms with van der Waals surface area (Å²) in [5, 5.41) is 24.2. The van der Waals surface area contributed by atoms with Crippen LogP contribution in [-0.4, -0.2) is 20.5 Å². The lowest BCUT2D eigenvalue weighted by atomic mass is 9.44. The van der Waals surface area contributed by atoms with Gasteiger partial charge in [-0.15, -0.1) is 0 Å². The van der Waals surface area contributed by atoms with Gasteiger partial charge in [-0.25, -0.2) is 0 Å². The summed E-state index contributed by atoms with van der Waals surface area (Å²) in [7, 11) is 0. The van der Waals surface area contributed by atoms with Crippen LogP contribution >= 0.6 is 0 Å². The molecule has 4 nitrogen and oxygen atoms in total. The second kappa shape index (κ2) is 7.91. The Bertz CT molecular complexity index is 838. The van der Waals surface area contributed by atoms with E-state index in [-0.39, 0.29) is 0 Å². The minimum Gasteiger partial charge on any atom is -0.390 e. The number of nitrogens with zero attached hydrogens (tertiary/aromatic N) is 3. The van der Waals surface area contributed by atoms with Gasteiger partial charge >= 0.3 is 0 Å². The molecule has 0 aromatic carbocycles. The van der Waals surface area contributed by atoms with E-state index in [1.807, 2.05) is 10.9 Å². The lowest BCUT2D eigenvalue weighted by Crippen LogP contribution is -2.54. The zero-order chi connectivity index (χ0) is 21.8. The van der Waals surface area contributed by atoms with Crippen molar-refractivity contribution in [1.29, 1.82) is 5.26 Å². The van der Waals surface area contributed by atoms with Crippen LogP contribution in [0.15, 0.2) is 12.4 Å². The van der Waals surface area contributed by atoms with E-state index in [1.54, 1.807) is 6.20 Å². The average Bonchev–Trinajstić information content (AvgIpc) is 3.19. The van der Waals surface area contributed by atoms with Crippen molar-refractivity contribution in [2.24, 2.45) is 46.8 Å². The summed E-state index contributed by atoms with van der Waals surface area (Å²) < 4.78 is 2.00. The highest BCUT2D eigenvalue weighted by atomic mass is 16.3. The first-order valence-electron chi connectivity index (χ1n) is 13.0. The van der Waals surface area contributed by atoms with Crippen LogP contribution in [0.4, 0.5) is 0 Å². The summed E-state index contributed by atoms with van der Waals surface area (Å²) in [5.41, 5.74) is 0.709. The maximum Gasteiger partial charge on any atom is 0.102 e. The Morgan fingerprint density at radius 1 is 1.13 bits per heavy atom. The second-order valence-corrected chi connectivity index (χ2v) is 12.3. The molecule has 1 aromatic rings. The summed E-state index contributed by atoms with van der Waals surface area (Å²) in [5.74, 6) is 5.68. The average molecular weight is 424 g/mol. The van der Waals surface area contributed by atoms with Crippen LogP contribution in [0.2, 0.25) is 0 Å². The highest BCUT2D eigenvalue weighted by Gasteiger charge is 2.56. The molecule has 4 fully saturated rings. The van der Waals surface area contributed by atoms with Gasteiger partial charge in [0.1, 0.15) is 6.07 Å². The Hall–Kier alpha value is -1.34. The van der Waals surface area contributed by atoms with Crippen LogP contribution in [-0.2, 0) is 6.54 Å². The number of aliphatic hydroxyl groups is 1. The van der Waals surface area contributed by atoms with Crippen molar-refractivity contribution >= 4 is 0 Å². The maximum absolute atomic E-state index is 10.6. The Morgan fingerprint density at radius 3 is 2.71 bits per heavy atom. The van der Waals surface area contributed by atoms with Gasteiger partial charge in [-0.3, -0.25) is 4.68 Å². The Morgan fingerprint density at radius 2 is 1.94 bits per heavy atom. The van der Waals surface area contributed by atoms with E-state index in [4.69, 9.17) is 5.26 Å². The van der Waals surface area contributed by atoms with Gasteiger partial charge in [-0.2, -0.15) is 10.4 Å². The number of fused-ring (bicyclic) bond motifs is 5. The smallest absolute Gasteiger partial charge is 0.102 e. The SMILES string of the molecule is CC(Cn1cc(C#N)cn1)[C@H]1CCC[C@H]2[C@@H]3CC[C@@H]4C[C@](C)(O)CC[C@@H]4[C@H]3CC[C@]12C. The molecule has 1 heterocycles. The monoisotopic (exact) mass is 423 g/mol. The quantitative estimate of drug-likeness (QED) is 0.668. The molecule has 0 amide bonds. The van der Waals surface area contributed by atoms with E-state index in [0.717, 1.165) is 54.9 Å². The molecule has 9 atom stereocenters. The standard InChI is InChI=1S/C27H41N3O/c1-18(16-30-17-19(14-28)15-29-30)24-5-4-6-25-23-8-7-20-13-26(2,31)11-9-21(20)22(23)10-12-27(24,25)3/h15,17-18,20-25,31H,4-13,16H2,1-3H3/t18?,20-,21+,22-,23-,24-,25+,26-,27-/m1/s1. The van der Waals surface area contributed by atoms with Crippen LogP contribution in [0.1, 0.15) is 90.5 Å². The Labute approximate surface area is 188 Å². The zero-order valence-corrected chi connectivity index (χ0v) is 19.8. The number of hydrogen-bond donors (Lipinski definition) is 1. The molecule has 1 aromatic heterocycles. The molecule has 5 rings (SSSR count). The minimum atomic E-state index is -0.416. The molecule has 0 saturated heterocycles. The zero-order valence-electron chi connectivity index (χ0n) is 19.8. The van der Waals surface area contributed by atoms with Gasteiger partial charge in [0, 0.05) is 12.7 Å². The number of rotatable bonds is 3. The largest absolute Gasteiger partial charge is 0.390 e. The fourth-order valence-electron chi connectivity index (χ4n) is 9.20. The predicted molar refractivity (Wildman–Crippen MR) is 122 cm³/mol. The summed E-state index contributed by atoms with van der Waals surface area (Å²) in [6.07, 6.45) is 16.6. The van der Waals surface area contributed by atoms with Gasteiger partial charge in [0.25, 0.3) is 0 Å². The Balaban J connectivity index is 1.32. The maximum atomic E-state index is 10.6. The fraction of sp³-hybridized carbons (Fsp3) is 0.852. The predicted octanol–water partition coefficient (Wildman–Crippen LogP) is 5.80. The van der Waals surface area contributed by atoms with Crippen molar-refractivity contribution in [3.63, 3.8) is 0 Å². The van der Waals surface area contributed by atoms with Crippen LogP contribution in [0.5, 0.6) is 0 Å². The van der Waals surface area contributed by atoms with Crippen molar-refractivity contribution in [3.05, 3.63) is 18.0 Å². The molecule has 4 aliphatic carbocycles. The normalized spacial score (nSPS) is 45.6. The number of aromatic nitrogens is 2. The van der Waals surface area contributed by atoms with Gasteiger partial charge < -0.3 is 5.11 Å². The van der Waals surface area contributed by atoms with E-state index in [0.29, 0.717) is 16.9 Å². The van der Waals surface area contributed by atoms with Crippen LogP contribution in [0, 0.1) is 58.2 Å². The van der Waals surface area contributed by atoms with Crippen LogP contribution in [0.3, 0.4) is 0 Å². The molecule has 0 radical (unpaired) electrons. The molecule has 31 heavy (non-hydrogen) atoms. The third kappa shape index (κ3) is 3.75. The van der Waals surface area contributed by atoms with Gasteiger partial charge in [0.05, 0.1) is 17.4 Å². The molecular formula is C27H41N3O.